The third-order valence-electron chi connectivity index (χ3n) is 10.7. The van der Waals surface area contributed by atoms with Crippen LogP contribution in [0.25, 0.3) is 0 Å². The molecule has 0 aromatic rings. The van der Waals surface area contributed by atoms with E-state index in [9.17, 15) is 9.59 Å². The van der Waals surface area contributed by atoms with Gasteiger partial charge in [-0.15, -0.1) is 0 Å². The second-order valence-electron chi connectivity index (χ2n) is 16.6. The molecule has 1 aliphatic rings. The number of hydrogen-bond acceptors (Lipinski definition) is 4. The highest BCUT2D eigenvalue weighted by atomic mass is 16.5. The first kappa shape index (κ1) is 45.7. The van der Waals surface area contributed by atoms with Gasteiger partial charge in [-0.1, -0.05) is 206 Å². The van der Waals surface area contributed by atoms with E-state index in [2.05, 4.69) is 33.8 Å². The van der Waals surface area contributed by atoms with Gasteiger partial charge in [0, 0.05) is 0 Å². The zero-order valence-corrected chi connectivity index (χ0v) is 33.6. The molecular weight excluding hydrogens is 604 g/mol. The summed E-state index contributed by atoms with van der Waals surface area (Å²) in [6, 6.07) is 0. The van der Waals surface area contributed by atoms with Crippen molar-refractivity contribution in [1.82, 2.24) is 0 Å². The first-order valence-electron chi connectivity index (χ1n) is 21.8. The minimum Gasteiger partial charge on any atom is -0.465 e. The van der Waals surface area contributed by atoms with Crippen molar-refractivity contribution in [3.63, 3.8) is 0 Å². The van der Waals surface area contributed by atoms with Gasteiger partial charge in [-0.2, -0.15) is 0 Å². The predicted octanol–water partition coefficient (Wildman–Crippen LogP) is 14.3. The lowest BCUT2D eigenvalue weighted by Gasteiger charge is -2.27. The van der Waals surface area contributed by atoms with Gasteiger partial charge in [0.2, 0.25) is 0 Å². The highest BCUT2D eigenvalue weighted by molar-refractivity contribution is 5.83. The summed E-state index contributed by atoms with van der Waals surface area (Å²) >= 11 is 0. The summed E-state index contributed by atoms with van der Waals surface area (Å²) in [5, 5.41) is 0. The molecule has 2 unspecified atom stereocenters. The Bertz CT molecular complexity index is 800. The maximum Gasteiger partial charge on any atom is 0.310 e. The van der Waals surface area contributed by atoms with Gasteiger partial charge < -0.3 is 9.47 Å². The fourth-order valence-electron chi connectivity index (χ4n) is 7.33. The number of rotatable bonds is 34. The largest absolute Gasteiger partial charge is 0.465 e. The number of ether oxygens (including phenoxy) is 2. The highest BCUT2D eigenvalue weighted by Crippen LogP contribution is 2.32. The van der Waals surface area contributed by atoms with E-state index in [1.807, 2.05) is 6.92 Å². The Balaban J connectivity index is 2.01. The molecule has 0 bridgehead atoms. The van der Waals surface area contributed by atoms with Crippen LogP contribution < -0.4 is 0 Å². The van der Waals surface area contributed by atoms with Gasteiger partial charge in [0.15, 0.2) is 0 Å². The van der Waals surface area contributed by atoms with Crippen LogP contribution in [-0.4, -0.2) is 25.2 Å². The molecule has 288 valence electrons. The molecule has 0 fully saturated rings. The van der Waals surface area contributed by atoms with Crippen molar-refractivity contribution in [2.75, 3.05) is 13.2 Å². The second kappa shape index (κ2) is 32.6. The molecule has 2 atom stereocenters. The highest BCUT2D eigenvalue weighted by Gasteiger charge is 2.37. The van der Waals surface area contributed by atoms with Crippen molar-refractivity contribution in [2.45, 2.75) is 227 Å². The van der Waals surface area contributed by atoms with E-state index < -0.39 is 11.8 Å². The van der Waals surface area contributed by atoms with Crippen LogP contribution in [0.15, 0.2) is 11.6 Å². The normalized spacial score (nSPS) is 16.3. The molecule has 1 rings (SSSR count). The van der Waals surface area contributed by atoms with Crippen LogP contribution in [0.2, 0.25) is 0 Å². The lowest BCUT2D eigenvalue weighted by molar-refractivity contribution is -0.161. The number of allylic oxidation sites excluding steroid dienone is 2. The zero-order valence-electron chi connectivity index (χ0n) is 33.6. The Hall–Kier alpha value is -1.32. The quantitative estimate of drug-likeness (QED) is 0.0383. The van der Waals surface area contributed by atoms with Crippen LogP contribution in [0.3, 0.4) is 0 Å². The molecule has 1 aliphatic carbocycles. The van der Waals surface area contributed by atoms with E-state index in [1.165, 1.54) is 160 Å². The molecular formula is C45H84O4. The van der Waals surface area contributed by atoms with Crippen LogP contribution >= 0.6 is 0 Å². The van der Waals surface area contributed by atoms with Crippen LogP contribution in [0, 0.1) is 23.7 Å². The second-order valence-corrected chi connectivity index (χ2v) is 16.6. The van der Waals surface area contributed by atoms with Crippen LogP contribution in [0.5, 0.6) is 0 Å². The molecule has 0 aliphatic heterocycles. The molecule has 4 nitrogen and oxygen atoms in total. The predicted molar refractivity (Wildman–Crippen MR) is 211 cm³/mol. The fraction of sp³-hybridized carbons (Fsp3) is 0.911. The van der Waals surface area contributed by atoms with Gasteiger partial charge in [0.1, 0.15) is 0 Å². The molecule has 0 saturated carbocycles. The smallest absolute Gasteiger partial charge is 0.310 e. The van der Waals surface area contributed by atoms with E-state index in [-0.39, 0.29) is 11.9 Å². The summed E-state index contributed by atoms with van der Waals surface area (Å²) in [4.78, 5) is 25.9. The Morgan fingerprint density at radius 3 is 1.10 bits per heavy atom. The summed E-state index contributed by atoms with van der Waals surface area (Å²) in [6.45, 7) is 12.3. The Kier molecular flexibility index (Phi) is 30.4. The third kappa shape index (κ3) is 28.0. The van der Waals surface area contributed by atoms with Gasteiger partial charge in [0.05, 0.1) is 25.0 Å². The summed E-state index contributed by atoms with van der Waals surface area (Å²) in [5.41, 5.74) is 1.17. The standard InChI is InChI=1S/C45H84O4/c1-39(2)32-28-24-20-16-12-8-6-10-14-18-22-26-30-36-48-44(46)42-35-34-41(5)38-43(42)45(47)49-37-31-27-23-19-15-11-7-9-13-17-21-25-29-33-40(3)4/h34,39-40,42-43H,6-33,35-38H2,1-5H3. The summed E-state index contributed by atoms with van der Waals surface area (Å²) in [6.07, 6.45) is 40.1. The number of unbranched alkanes of at least 4 members (excludes halogenated alkanes) is 24. The molecule has 4 heteroatoms. The van der Waals surface area contributed by atoms with Gasteiger partial charge in [-0.25, -0.2) is 0 Å². The molecule has 0 spiro atoms. The number of esters is 2. The lowest BCUT2D eigenvalue weighted by atomic mass is 9.80. The van der Waals surface area contributed by atoms with E-state index >= 15 is 0 Å². The zero-order chi connectivity index (χ0) is 35.8. The summed E-state index contributed by atoms with van der Waals surface area (Å²) < 4.78 is 11.4. The molecule has 0 saturated heterocycles. The maximum absolute atomic E-state index is 13.0. The van der Waals surface area contributed by atoms with Gasteiger partial charge in [0.25, 0.3) is 0 Å². The minimum absolute atomic E-state index is 0.212. The monoisotopic (exact) mass is 689 g/mol. The number of hydrogen-bond donors (Lipinski definition) is 0. The molecule has 0 amide bonds. The third-order valence-corrected chi connectivity index (χ3v) is 10.7. The van der Waals surface area contributed by atoms with Crippen molar-refractivity contribution in [3.8, 4) is 0 Å². The van der Waals surface area contributed by atoms with E-state index in [1.54, 1.807) is 0 Å². The molecule has 0 aromatic carbocycles. The number of carbonyl (C=O) groups excluding carboxylic acids is 2. The maximum atomic E-state index is 13.0. The minimum atomic E-state index is -0.402. The van der Waals surface area contributed by atoms with Gasteiger partial charge >= 0.3 is 11.9 Å². The Morgan fingerprint density at radius 2 is 0.776 bits per heavy atom. The van der Waals surface area contributed by atoms with Gasteiger partial charge in [-0.05, 0) is 44.4 Å². The molecule has 0 heterocycles. The van der Waals surface area contributed by atoms with E-state index in [0.29, 0.717) is 26.1 Å². The molecule has 0 aromatic heterocycles. The first-order valence-corrected chi connectivity index (χ1v) is 21.8. The van der Waals surface area contributed by atoms with Gasteiger partial charge in [-0.3, -0.25) is 9.59 Å². The Morgan fingerprint density at radius 1 is 0.490 bits per heavy atom. The van der Waals surface area contributed by atoms with Crippen molar-refractivity contribution in [1.29, 1.82) is 0 Å². The van der Waals surface area contributed by atoms with Crippen LogP contribution in [-0.2, 0) is 19.1 Å². The van der Waals surface area contributed by atoms with Crippen molar-refractivity contribution in [3.05, 3.63) is 11.6 Å². The van der Waals surface area contributed by atoms with Crippen LogP contribution in [0.1, 0.15) is 227 Å². The topological polar surface area (TPSA) is 52.6 Å². The van der Waals surface area contributed by atoms with Crippen molar-refractivity contribution in [2.24, 2.45) is 23.7 Å². The molecule has 0 N–H and O–H groups in total. The van der Waals surface area contributed by atoms with E-state index in [4.69, 9.17) is 9.47 Å². The SMILES string of the molecule is CC1=CCC(C(=O)OCCCCCCCCCCCCCCCC(C)C)C(C(=O)OCCCCCCCCCCCCCCCC(C)C)C1. The lowest BCUT2D eigenvalue weighted by Crippen LogP contribution is -2.34. The number of carbonyl (C=O) groups is 2. The fourth-order valence-corrected chi connectivity index (χ4v) is 7.33. The van der Waals surface area contributed by atoms with Crippen molar-refractivity contribution >= 4 is 11.9 Å². The molecule has 49 heavy (non-hydrogen) atoms. The first-order chi connectivity index (χ1) is 23.8. The van der Waals surface area contributed by atoms with Crippen LogP contribution in [0.4, 0.5) is 0 Å². The average molecular weight is 689 g/mol. The van der Waals surface area contributed by atoms with Crippen molar-refractivity contribution < 1.29 is 19.1 Å². The summed E-state index contributed by atoms with van der Waals surface area (Å²) in [7, 11) is 0. The average Bonchev–Trinajstić information content (AvgIpc) is 3.07. The van der Waals surface area contributed by atoms with E-state index in [0.717, 1.165) is 37.5 Å². The Labute approximate surface area is 306 Å². The summed E-state index contributed by atoms with van der Waals surface area (Å²) in [5.74, 6) is 0.477. The molecule has 0 radical (unpaired) electrons.